The van der Waals surface area contributed by atoms with Crippen LogP contribution in [0.5, 0.6) is 0 Å². The summed E-state index contributed by atoms with van der Waals surface area (Å²) < 4.78 is 12.2. The number of esters is 1. The minimum atomic E-state index is -1.22. The third-order valence-electron chi connectivity index (χ3n) is 10.00. The highest BCUT2D eigenvalue weighted by Gasteiger charge is 2.74. The fraction of sp³-hybridized carbons (Fsp3) is 0.385. The van der Waals surface area contributed by atoms with Crippen molar-refractivity contribution in [3.63, 3.8) is 0 Å². The van der Waals surface area contributed by atoms with Gasteiger partial charge in [0, 0.05) is 31.8 Å². The fourth-order valence-electron chi connectivity index (χ4n) is 7.80. The second kappa shape index (κ2) is 14.8. The number of likely N-dealkylation sites (tertiary alicyclic amines) is 1. The van der Waals surface area contributed by atoms with Gasteiger partial charge in [-0.1, -0.05) is 72.8 Å². The number of amides is 3. The number of nitrogens with zero attached hydrogens (tertiary/aromatic N) is 2. The lowest BCUT2D eigenvalue weighted by Gasteiger charge is -2.37. The Balaban J connectivity index is 1.30. The molecule has 3 amide bonds. The zero-order valence-corrected chi connectivity index (χ0v) is 27.5. The molecule has 3 aromatic carbocycles. The molecule has 3 aliphatic rings. The average Bonchev–Trinajstić information content (AvgIpc) is 3.77. The molecule has 6 atom stereocenters. The molecule has 0 saturated carbocycles. The Bertz CT molecular complexity index is 1730. The van der Waals surface area contributed by atoms with Gasteiger partial charge >= 0.3 is 5.97 Å². The number of carbonyl (C=O) groups is 4. The third kappa shape index (κ3) is 6.50. The largest absolute Gasteiger partial charge is 0.463 e. The number of hydrogen-bond donors (Lipinski definition) is 2. The molecule has 3 saturated heterocycles. The standard InChI is InChI=1S/C39H43N3O7/c1-3-5-16-32(44)48-25-30(27-13-7-6-8-14-27)40-36(45)33-31-19-20-39(49-31)34(33)37(46)42(22-11-23-43)35(39)38(47)41(21-4-2)29-18-17-26-12-9-10-15-28(26)24-29/h3-4,6-10,12-15,17-18,24,30-31,33-35,43H,1-2,5,11,16,19-23,25H2,(H,40,45)/t30-,31+,33-,34-,35+,39-/m0/s1. The zero-order chi connectivity index (χ0) is 34.5. The number of aliphatic hydroxyl groups excluding tert-OH is 1. The Kier molecular flexibility index (Phi) is 10.3. The summed E-state index contributed by atoms with van der Waals surface area (Å²) in [5.41, 5.74) is 0.191. The molecule has 6 rings (SSSR count). The lowest BCUT2D eigenvalue weighted by Crippen LogP contribution is -2.56. The highest BCUT2D eigenvalue weighted by atomic mass is 16.5. The highest BCUT2D eigenvalue weighted by Crippen LogP contribution is 2.58. The van der Waals surface area contributed by atoms with E-state index in [1.165, 1.54) is 4.90 Å². The molecular formula is C39H43N3O7. The number of carbonyl (C=O) groups excluding carboxylic acids is 4. The first-order chi connectivity index (χ1) is 23.8. The van der Waals surface area contributed by atoms with Crippen molar-refractivity contribution in [3.8, 4) is 0 Å². The third-order valence-corrected chi connectivity index (χ3v) is 10.00. The lowest BCUT2D eigenvalue weighted by molar-refractivity contribution is -0.146. The molecule has 3 heterocycles. The smallest absolute Gasteiger partial charge is 0.306 e. The predicted octanol–water partition coefficient (Wildman–Crippen LogP) is 4.48. The van der Waals surface area contributed by atoms with Gasteiger partial charge in [0.2, 0.25) is 11.8 Å². The van der Waals surface area contributed by atoms with Crippen molar-refractivity contribution < 1.29 is 33.8 Å². The van der Waals surface area contributed by atoms with Gasteiger partial charge < -0.3 is 29.7 Å². The van der Waals surface area contributed by atoms with Crippen LogP contribution in [0.3, 0.4) is 0 Å². The number of ether oxygens (including phenoxy) is 2. The van der Waals surface area contributed by atoms with Crippen LogP contribution in [-0.2, 0) is 28.7 Å². The maximum Gasteiger partial charge on any atom is 0.306 e. The Labute approximate surface area is 286 Å². The molecule has 10 heteroatoms. The van der Waals surface area contributed by atoms with E-state index in [0.29, 0.717) is 24.9 Å². The molecule has 49 heavy (non-hydrogen) atoms. The van der Waals surface area contributed by atoms with Crippen molar-refractivity contribution in [2.45, 2.75) is 55.9 Å². The van der Waals surface area contributed by atoms with E-state index < -0.39 is 47.5 Å². The predicted molar refractivity (Wildman–Crippen MR) is 185 cm³/mol. The van der Waals surface area contributed by atoms with Crippen LogP contribution in [-0.4, -0.2) is 77.7 Å². The van der Waals surface area contributed by atoms with Gasteiger partial charge in [-0.25, -0.2) is 0 Å². The number of allylic oxidation sites excluding steroid dienone is 1. The van der Waals surface area contributed by atoms with Crippen molar-refractivity contribution in [2.75, 3.05) is 31.2 Å². The van der Waals surface area contributed by atoms with Gasteiger partial charge in [-0.05, 0) is 54.2 Å². The van der Waals surface area contributed by atoms with E-state index in [0.717, 1.165) is 16.3 Å². The van der Waals surface area contributed by atoms with Crippen LogP contribution < -0.4 is 10.2 Å². The molecule has 256 valence electrons. The maximum absolute atomic E-state index is 14.8. The second-order valence-corrected chi connectivity index (χ2v) is 12.9. The molecule has 3 aromatic rings. The van der Waals surface area contributed by atoms with Crippen molar-refractivity contribution in [3.05, 3.63) is 104 Å². The first-order valence-electron chi connectivity index (χ1n) is 16.9. The van der Waals surface area contributed by atoms with Gasteiger partial charge in [0.25, 0.3) is 5.91 Å². The number of rotatable bonds is 15. The molecule has 0 radical (unpaired) electrons. The Hall–Kier alpha value is -4.80. The summed E-state index contributed by atoms with van der Waals surface area (Å²) in [5, 5.41) is 14.8. The van der Waals surface area contributed by atoms with Crippen LogP contribution >= 0.6 is 0 Å². The van der Waals surface area contributed by atoms with E-state index in [2.05, 4.69) is 18.5 Å². The molecule has 10 nitrogen and oxygen atoms in total. The van der Waals surface area contributed by atoms with Gasteiger partial charge in [0.1, 0.15) is 18.2 Å². The lowest BCUT2D eigenvalue weighted by atomic mass is 9.70. The summed E-state index contributed by atoms with van der Waals surface area (Å²) in [6.07, 6.45) is 4.59. The Morgan fingerprint density at radius 1 is 1.06 bits per heavy atom. The van der Waals surface area contributed by atoms with Crippen LogP contribution in [0.1, 0.15) is 43.7 Å². The van der Waals surface area contributed by atoms with Crippen LogP contribution in [0.2, 0.25) is 0 Å². The normalized spacial score (nSPS) is 24.3. The molecule has 0 aliphatic carbocycles. The number of anilines is 1. The number of benzene rings is 3. The van der Waals surface area contributed by atoms with Crippen molar-refractivity contribution in [2.24, 2.45) is 11.8 Å². The molecular weight excluding hydrogens is 622 g/mol. The van der Waals surface area contributed by atoms with Crippen molar-refractivity contribution >= 4 is 40.2 Å². The summed E-state index contributed by atoms with van der Waals surface area (Å²) >= 11 is 0. The van der Waals surface area contributed by atoms with Gasteiger partial charge in [0.15, 0.2) is 0 Å². The minimum Gasteiger partial charge on any atom is -0.463 e. The summed E-state index contributed by atoms with van der Waals surface area (Å²) in [6, 6.07) is 21.2. The van der Waals surface area contributed by atoms with E-state index in [4.69, 9.17) is 9.47 Å². The Morgan fingerprint density at radius 3 is 2.55 bits per heavy atom. The quantitative estimate of drug-likeness (QED) is 0.181. The van der Waals surface area contributed by atoms with Crippen LogP contribution in [0.4, 0.5) is 5.69 Å². The Morgan fingerprint density at radius 2 is 1.82 bits per heavy atom. The van der Waals surface area contributed by atoms with E-state index in [1.54, 1.807) is 17.1 Å². The maximum atomic E-state index is 14.8. The summed E-state index contributed by atoms with van der Waals surface area (Å²) in [5.74, 6) is -3.20. The monoisotopic (exact) mass is 665 g/mol. The molecule has 0 aromatic heterocycles. The van der Waals surface area contributed by atoms with Gasteiger partial charge in [0.05, 0.1) is 24.0 Å². The fourth-order valence-corrected chi connectivity index (χ4v) is 7.80. The van der Waals surface area contributed by atoms with Crippen LogP contribution in [0.15, 0.2) is 98.1 Å². The van der Waals surface area contributed by atoms with Crippen molar-refractivity contribution in [1.82, 2.24) is 10.2 Å². The summed E-state index contributed by atoms with van der Waals surface area (Å²) in [4.78, 5) is 58.9. The van der Waals surface area contributed by atoms with Gasteiger partial charge in [-0.15, -0.1) is 13.2 Å². The highest BCUT2D eigenvalue weighted by molar-refractivity contribution is 6.05. The topological polar surface area (TPSA) is 125 Å². The number of fused-ring (bicyclic) bond motifs is 2. The number of nitrogens with one attached hydrogen (secondary N) is 1. The summed E-state index contributed by atoms with van der Waals surface area (Å²) in [7, 11) is 0. The van der Waals surface area contributed by atoms with E-state index in [1.807, 2.05) is 72.8 Å². The SMILES string of the molecule is C=CCCC(=O)OC[C@H](NC(=O)[C@@H]1[C@H]2C(=O)N(CCCO)[C@H](C(=O)N(CC=C)c3ccc4ccccc4c3)[C@]23CC[C@H]1O3)c1ccccc1. The minimum absolute atomic E-state index is 0.0836. The van der Waals surface area contributed by atoms with Crippen LogP contribution in [0, 0.1) is 11.8 Å². The molecule has 2 N–H and O–H groups in total. The number of aliphatic hydroxyl groups is 1. The first kappa shape index (κ1) is 34.1. The molecule has 2 bridgehead atoms. The molecule has 3 fully saturated rings. The van der Waals surface area contributed by atoms with Crippen LogP contribution in [0.25, 0.3) is 10.8 Å². The number of hydrogen-bond acceptors (Lipinski definition) is 7. The second-order valence-electron chi connectivity index (χ2n) is 12.9. The molecule has 3 aliphatic heterocycles. The van der Waals surface area contributed by atoms with Gasteiger partial charge in [-0.2, -0.15) is 0 Å². The molecule has 1 spiro atoms. The first-order valence-corrected chi connectivity index (χ1v) is 16.9. The van der Waals surface area contributed by atoms with E-state index in [-0.39, 0.29) is 51.0 Å². The van der Waals surface area contributed by atoms with E-state index in [9.17, 15) is 24.3 Å². The summed E-state index contributed by atoms with van der Waals surface area (Å²) in [6.45, 7) is 7.63. The zero-order valence-electron chi connectivity index (χ0n) is 27.5. The molecule has 0 unspecified atom stereocenters. The van der Waals surface area contributed by atoms with Crippen molar-refractivity contribution in [1.29, 1.82) is 0 Å². The van der Waals surface area contributed by atoms with E-state index >= 15 is 0 Å². The van der Waals surface area contributed by atoms with Gasteiger partial charge in [-0.3, -0.25) is 19.2 Å². The average molecular weight is 666 g/mol.